The van der Waals surface area contributed by atoms with Gasteiger partial charge in [0.1, 0.15) is 0 Å². The number of alkyl halides is 3. The molecule has 0 saturated carbocycles. The molecular formula is C12H15F3N2OS. The van der Waals surface area contributed by atoms with E-state index in [0.717, 1.165) is 12.1 Å². The van der Waals surface area contributed by atoms with E-state index in [4.69, 9.17) is 5.73 Å². The fraction of sp³-hybridized carbons (Fsp3) is 0.417. The number of nitrogen functional groups attached to an aromatic ring is 1. The van der Waals surface area contributed by atoms with Crippen LogP contribution >= 0.6 is 11.8 Å². The fourth-order valence-electron chi connectivity index (χ4n) is 1.40. The van der Waals surface area contributed by atoms with Gasteiger partial charge in [-0.1, -0.05) is 0 Å². The lowest BCUT2D eigenvalue weighted by molar-refractivity contribution is -0.137. The van der Waals surface area contributed by atoms with Crippen molar-refractivity contribution in [2.75, 3.05) is 18.0 Å². The van der Waals surface area contributed by atoms with Gasteiger partial charge >= 0.3 is 6.18 Å². The Kier molecular flexibility index (Phi) is 5.53. The highest BCUT2D eigenvalue weighted by molar-refractivity contribution is 7.99. The number of halogens is 3. The summed E-state index contributed by atoms with van der Waals surface area (Å²) >= 11 is 1.27. The summed E-state index contributed by atoms with van der Waals surface area (Å²) in [5.74, 6) is 0.391. The Bertz CT molecular complexity index is 449. The second-order valence-electron chi connectivity index (χ2n) is 3.80. The van der Waals surface area contributed by atoms with Gasteiger partial charge in [0.05, 0.1) is 5.56 Å². The Balaban J connectivity index is 2.58. The molecule has 0 fully saturated rings. The topological polar surface area (TPSA) is 55.1 Å². The van der Waals surface area contributed by atoms with Crippen LogP contribution in [0.4, 0.5) is 18.9 Å². The zero-order valence-electron chi connectivity index (χ0n) is 10.4. The van der Waals surface area contributed by atoms with Crippen molar-refractivity contribution in [1.29, 1.82) is 0 Å². The summed E-state index contributed by atoms with van der Waals surface area (Å²) in [6.07, 6.45) is -4.09. The monoisotopic (exact) mass is 292 g/mol. The highest BCUT2D eigenvalue weighted by Gasteiger charge is 2.30. The second-order valence-corrected chi connectivity index (χ2v) is 4.94. The summed E-state index contributed by atoms with van der Waals surface area (Å²) in [6.45, 7) is 2.38. The van der Waals surface area contributed by atoms with Crippen LogP contribution in [0.1, 0.15) is 18.9 Å². The molecule has 1 amide bonds. The summed E-state index contributed by atoms with van der Waals surface area (Å²) in [6, 6.07) is 3.24. The van der Waals surface area contributed by atoms with E-state index in [1.165, 1.54) is 17.8 Å². The maximum Gasteiger partial charge on any atom is 0.416 e. The van der Waals surface area contributed by atoms with E-state index in [-0.39, 0.29) is 11.6 Å². The highest BCUT2D eigenvalue weighted by atomic mass is 32.2. The fourth-order valence-corrected chi connectivity index (χ4v) is 2.29. The van der Waals surface area contributed by atoms with Crippen molar-refractivity contribution >= 4 is 23.4 Å². The summed E-state index contributed by atoms with van der Waals surface area (Å²) in [5, 5.41) is 2.64. The maximum absolute atomic E-state index is 12.4. The van der Waals surface area contributed by atoms with Gasteiger partial charge in [-0.25, -0.2) is 0 Å². The van der Waals surface area contributed by atoms with Crippen LogP contribution in [0.3, 0.4) is 0 Å². The largest absolute Gasteiger partial charge is 0.416 e. The lowest BCUT2D eigenvalue weighted by atomic mass is 10.2. The number of carbonyl (C=O) groups is 1. The van der Waals surface area contributed by atoms with E-state index >= 15 is 0 Å². The molecule has 106 valence electrons. The zero-order valence-corrected chi connectivity index (χ0v) is 11.2. The minimum Gasteiger partial charge on any atom is -0.398 e. The lowest BCUT2D eigenvalue weighted by Crippen LogP contribution is -2.22. The quantitative estimate of drug-likeness (QED) is 0.648. The van der Waals surface area contributed by atoms with Crippen molar-refractivity contribution in [1.82, 2.24) is 5.32 Å². The number of hydrogen-bond acceptors (Lipinski definition) is 3. The summed E-state index contributed by atoms with van der Waals surface area (Å²) in [4.78, 5) is 11.8. The first kappa shape index (κ1) is 15.7. The van der Waals surface area contributed by atoms with Gasteiger partial charge in [0.15, 0.2) is 0 Å². The normalized spacial score (nSPS) is 11.4. The molecule has 0 aliphatic carbocycles. The van der Waals surface area contributed by atoms with Crippen LogP contribution in [0.2, 0.25) is 0 Å². The van der Waals surface area contributed by atoms with Crippen molar-refractivity contribution in [2.45, 2.75) is 24.4 Å². The summed E-state index contributed by atoms with van der Waals surface area (Å²) in [5.41, 5.74) is 4.89. The van der Waals surface area contributed by atoms with Gasteiger partial charge in [-0.2, -0.15) is 13.2 Å². The smallest absolute Gasteiger partial charge is 0.398 e. The maximum atomic E-state index is 12.4. The van der Waals surface area contributed by atoms with Crippen molar-refractivity contribution in [3.63, 3.8) is 0 Å². The first-order valence-corrected chi connectivity index (χ1v) is 6.69. The van der Waals surface area contributed by atoms with Crippen LogP contribution in [-0.4, -0.2) is 18.2 Å². The number of nitrogens with two attached hydrogens (primary N) is 1. The molecule has 0 aromatic heterocycles. The first-order valence-electron chi connectivity index (χ1n) is 5.70. The standard InChI is InChI=1S/C12H15F3N2OS/c1-2-17-11(18)5-6-19-10-4-3-8(7-9(10)16)12(13,14)15/h3-4,7H,2,5-6,16H2,1H3,(H,17,18). The molecule has 19 heavy (non-hydrogen) atoms. The van der Waals surface area contributed by atoms with Crippen LogP contribution in [0.15, 0.2) is 23.1 Å². The van der Waals surface area contributed by atoms with Crippen LogP contribution in [0.5, 0.6) is 0 Å². The van der Waals surface area contributed by atoms with E-state index in [2.05, 4.69) is 5.32 Å². The molecule has 0 aliphatic rings. The Morgan fingerprint density at radius 2 is 2.11 bits per heavy atom. The van der Waals surface area contributed by atoms with Crippen molar-refractivity contribution in [3.8, 4) is 0 Å². The Hall–Kier alpha value is -1.37. The van der Waals surface area contributed by atoms with Gasteiger partial charge in [-0.15, -0.1) is 11.8 Å². The molecule has 0 atom stereocenters. The molecule has 0 unspecified atom stereocenters. The van der Waals surface area contributed by atoms with Crippen LogP contribution < -0.4 is 11.1 Å². The third-order valence-electron chi connectivity index (χ3n) is 2.30. The number of benzene rings is 1. The number of nitrogens with one attached hydrogen (secondary N) is 1. The molecule has 0 bridgehead atoms. The van der Waals surface area contributed by atoms with Crippen LogP contribution in [-0.2, 0) is 11.0 Å². The second kappa shape index (κ2) is 6.70. The molecule has 0 spiro atoms. The third kappa shape index (κ3) is 5.02. The molecule has 7 heteroatoms. The summed E-state index contributed by atoms with van der Waals surface area (Å²) in [7, 11) is 0. The molecule has 3 nitrogen and oxygen atoms in total. The Labute approximate surface area is 113 Å². The van der Waals surface area contributed by atoms with E-state index in [0.29, 0.717) is 23.6 Å². The average Bonchev–Trinajstić information content (AvgIpc) is 2.30. The van der Waals surface area contributed by atoms with Crippen LogP contribution in [0, 0.1) is 0 Å². The van der Waals surface area contributed by atoms with Gasteiger partial charge in [0.2, 0.25) is 5.91 Å². The zero-order chi connectivity index (χ0) is 14.5. The van der Waals surface area contributed by atoms with Gasteiger partial charge in [-0.3, -0.25) is 4.79 Å². The van der Waals surface area contributed by atoms with Crippen molar-refractivity contribution in [2.24, 2.45) is 0 Å². The lowest BCUT2D eigenvalue weighted by Gasteiger charge is -2.10. The molecule has 3 N–H and O–H groups in total. The molecule has 1 aromatic carbocycles. The van der Waals surface area contributed by atoms with E-state index in [9.17, 15) is 18.0 Å². The Morgan fingerprint density at radius 1 is 1.42 bits per heavy atom. The molecule has 0 heterocycles. The van der Waals surface area contributed by atoms with Crippen LogP contribution in [0.25, 0.3) is 0 Å². The number of thioether (sulfide) groups is 1. The van der Waals surface area contributed by atoms with Gasteiger partial charge in [-0.05, 0) is 25.1 Å². The predicted molar refractivity (Wildman–Crippen MR) is 69.9 cm³/mol. The third-order valence-corrected chi connectivity index (χ3v) is 3.39. The number of anilines is 1. The number of rotatable bonds is 5. The van der Waals surface area contributed by atoms with E-state index in [1.54, 1.807) is 0 Å². The molecule has 0 saturated heterocycles. The van der Waals surface area contributed by atoms with Gasteiger partial charge in [0.25, 0.3) is 0 Å². The Morgan fingerprint density at radius 3 is 2.63 bits per heavy atom. The molecule has 0 radical (unpaired) electrons. The molecule has 0 aliphatic heterocycles. The number of amides is 1. The van der Waals surface area contributed by atoms with Gasteiger partial charge in [0, 0.05) is 29.3 Å². The number of carbonyl (C=O) groups excluding carboxylic acids is 1. The number of hydrogen-bond donors (Lipinski definition) is 2. The molecular weight excluding hydrogens is 277 g/mol. The van der Waals surface area contributed by atoms with Crippen molar-refractivity contribution < 1.29 is 18.0 Å². The minimum absolute atomic E-state index is 0.0794. The van der Waals surface area contributed by atoms with E-state index < -0.39 is 11.7 Å². The SMILES string of the molecule is CCNC(=O)CCSc1ccc(C(F)(F)F)cc1N. The predicted octanol–water partition coefficient (Wildman–Crippen LogP) is 2.91. The minimum atomic E-state index is -4.39. The van der Waals surface area contributed by atoms with E-state index in [1.807, 2.05) is 6.92 Å². The van der Waals surface area contributed by atoms with Crippen molar-refractivity contribution in [3.05, 3.63) is 23.8 Å². The average molecular weight is 292 g/mol. The summed E-state index contributed by atoms with van der Waals surface area (Å²) < 4.78 is 37.3. The van der Waals surface area contributed by atoms with Gasteiger partial charge < -0.3 is 11.1 Å². The first-order chi connectivity index (χ1) is 8.84. The molecule has 1 aromatic rings. The highest BCUT2D eigenvalue weighted by Crippen LogP contribution is 2.34. The molecule has 1 rings (SSSR count).